The minimum absolute atomic E-state index is 0.0462. The lowest BCUT2D eigenvalue weighted by Crippen LogP contribution is -2.33. The number of hydrogen-bond donors (Lipinski definition) is 2. The van der Waals surface area contributed by atoms with E-state index in [-0.39, 0.29) is 30.2 Å². The van der Waals surface area contributed by atoms with Crippen LogP contribution in [0.4, 0.5) is 5.69 Å². The second kappa shape index (κ2) is 5.20. The van der Waals surface area contributed by atoms with E-state index in [1.54, 1.807) is 11.1 Å². The van der Waals surface area contributed by atoms with Crippen LogP contribution < -0.4 is 5.32 Å². The van der Waals surface area contributed by atoms with Gasteiger partial charge in [0.1, 0.15) is 0 Å². The van der Waals surface area contributed by atoms with Crippen molar-refractivity contribution in [2.24, 2.45) is 5.92 Å². The molecule has 1 saturated heterocycles. The number of para-hydroxylation sites is 1. The summed E-state index contributed by atoms with van der Waals surface area (Å²) in [6, 6.07) is 5.75. The van der Waals surface area contributed by atoms with Gasteiger partial charge in [0.15, 0.2) is 0 Å². The van der Waals surface area contributed by atoms with Gasteiger partial charge < -0.3 is 10.2 Å². The second-order valence-electron chi connectivity index (χ2n) is 5.67. The number of aromatic amines is 1. The molecule has 0 spiro atoms. The lowest BCUT2D eigenvalue weighted by Gasteiger charge is -2.20. The number of carbonyl (C=O) groups is 2. The van der Waals surface area contributed by atoms with E-state index < -0.39 is 0 Å². The molecule has 2 amide bonds. The Morgan fingerprint density at radius 2 is 2.29 bits per heavy atom. The van der Waals surface area contributed by atoms with Gasteiger partial charge in [0.25, 0.3) is 0 Å². The number of H-pyrrole nitrogens is 1. The monoisotopic (exact) mass is 286 g/mol. The largest absolute Gasteiger partial charge is 0.339 e. The Balaban J connectivity index is 1.75. The highest BCUT2D eigenvalue weighted by Gasteiger charge is 2.35. The summed E-state index contributed by atoms with van der Waals surface area (Å²) < 4.78 is 0. The van der Waals surface area contributed by atoms with Crippen LogP contribution in [0.2, 0.25) is 0 Å². The zero-order valence-corrected chi connectivity index (χ0v) is 12.1. The number of nitrogens with one attached hydrogen (secondary N) is 2. The van der Waals surface area contributed by atoms with E-state index in [0.29, 0.717) is 12.2 Å². The van der Waals surface area contributed by atoms with E-state index in [4.69, 9.17) is 0 Å². The number of anilines is 1. The van der Waals surface area contributed by atoms with Gasteiger partial charge in [-0.25, -0.2) is 0 Å². The summed E-state index contributed by atoms with van der Waals surface area (Å²) in [5.41, 5.74) is 1.50. The number of likely N-dealkylation sites (tertiary alicyclic amines) is 1. The van der Waals surface area contributed by atoms with E-state index in [2.05, 4.69) is 15.5 Å². The minimum Gasteiger partial charge on any atom is -0.339 e. The summed E-state index contributed by atoms with van der Waals surface area (Å²) in [5.74, 6) is -0.364. The third-order valence-electron chi connectivity index (χ3n) is 3.89. The predicted molar refractivity (Wildman–Crippen MR) is 79.7 cm³/mol. The standard InChI is InChI=1S/C15H18N4O2/c1-9(2)19-8-11(6-13(19)20)15(21)17-12-5-3-4-10-7-16-18-14(10)12/h3-5,7,9,11H,6,8H2,1-2H3,(H,16,18)(H,17,21)/t11-/m0/s1. The molecule has 1 aromatic heterocycles. The predicted octanol–water partition coefficient (Wildman–Crippen LogP) is 1.76. The maximum atomic E-state index is 12.4. The van der Waals surface area contributed by atoms with Crippen LogP contribution in [0.25, 0.3) is 10.9 Å². The second-order valence-corrected chi connectivity index (χ2v) is 5.67. The van der Waals surface area contributed by atoms with E-state index >= 15 is 0 Å². The average Bonchev–Trinajstić information content (AvgIpc) is 3.05. The maximum absolute atomic E-state index is 12.4. The van der Waals surface area contributed by atoms with Crippen LogP contribution >= 0.6 is 0 Å². The SMILES string of the molecule is CC(C)N1C[C@@H](C(=O)Nc2cccc3cn[nH]c23)CC1=O. The van der Waals surface area contributed by atoms with Crippen molar-refractivity contribution in [1.82, 2.24) is 15.1 Å². The first kappa shape index (κ1) is 13.6. The quantitative estimate of drug-likeness (QED) is 0.902. The molecule has 110 valence electrons. The van der Waals surface area contributed by atoms with E-state index in [1.165, 1.54) is 0 Å². The zero-order valence-electron chi connectivity index (χ0n) is 12.1. The van der Waals surface area contributed by atoms with E-state index in [1.807, 2.05) is 32.0 Å². The molecule has 1 aliphatic heterocycles. The molecule has 2 aromatic rings. The number of nitrogens with zero attached hydrogens (tertiary/aromatic N) is 2. The van der Waals surface area contributed by atoms with Crippen LogP contribution in [-0.4, -0.2) is 39.5 Å². The number of amides is 2. The Morgan fingerprint density at radius 1 is 1.48 bits per heavy atom. The van der Waals surface area contributed by atoms with Gasteiger partial charge >= 0.3 is 0 Å². The van der Waals surface area contributed by atoms with Crippen molar-refractivity contribution in [1.29, 1.82) is 0 Å². The molecule has 21 heavy (non-hydrogen) atoms. The Bertz CT molecular complexity index is 692. The third-order valence-corrected chi connectivity index (χ3v) is 3.89. The molecule has 0 aliphatic carbocycles. The van der Waals surface area contributed by atoms with Crippen molar-refractivity contribution in [2.75, 3.05) is 11.9 Å². The van der Waals surface area contributed by atoms with Gasteiger partial charge in [0.2, 0.25) is 11.8 Å². The summed E-state index contributed by atoms with van der Waals surface area (Å²) in [4.78, 5) is 26.0. The molecule has 6 nitrogen and oxygen atoms in total. The number of rotatable bonds is 3. The number of hydrogen-bond acceptors (Lipinski definition) is 3. The van der Waals surface area contributed by atoms with Crippen LogP contribution in [0.1, 0.15) is 20.3 Å². The fourth-order valence-electron chi connectivity index (χ4n) is 2.71. The molecular formula is C15H18N4O2. The first-order valence-electron chi connectivity index (χ1n) is 7.08. The van der Waals surface area contributed by atoms with E-state index in [9.17, 15) is 9.59 Å². The van der Waals surface area contributed by atoms with Gasteiger partial charge in [0, 0.05) is 24.4 Å². The number of aromatic nitrogens is 2. The molecule has 1 atom stereocenters. The molecule has 0 radical (unpaired) electrons. The molecule has 1 aliphatic rings. The van der Waals surface area contributed by atoms with Crippen molar-refractivity contribution in [3.63, 3.8) is 0 Å². The van der Waals surface area contributed by atoms with Crippen molar-refractivity contribution in [3.05, 3.63) is 24.4 Å². The number of carbonyl (C=O) groups excluding carboxylic acids is 2. The average molecular weight is 286 g/mol. The van der Waals surface area contributed by atoms with E-state index in [0.717, 1.165) is 10.9 Å². The van der Waals surface area contributed by atoms with Gasteiger partial charge in [0.05, 0.1) is 23.3 Å². The Hall–Kier alpha value is -2.37. The molecule has 2 N–H and O–H groups in total. The molecule has 0 saturated carbocycles. The van der Waals surface area contributed by atoms with Crippen molar-refractivity contribution in [2.45, 2.75) is 26.3 Å². The highest BCUT2D eigenvalue weighted by atomic mass is 16.2. The molecule has 1 fully saturated rings. The van der Waals surface area contributed by atoms with Crippen molar-refractivity contribution >= 4 is 28.4 Å². The molecule has 3 rings (SSSR count). The first-order valence-corrected chi connectivity index (χ1v) is 7.08. The summed E-state index contributed by atoms with van der Waals surface area (Å²) in [6.07, 6.45) is 1.99. The molecular weight excluding hydrogens is 268 g/mol. The Labute approximate surface area is 122 Å². The third kappa shape index (κ3) is 2.49. The van der Waals surface area contributed by atoms with Gasteiger partial charge in [-0.1, -0.05) is 12.1 Å². The summed E-state index contributed by atoms with van der Waals surface area (Å²) in [6.45, 7) is 4.41. The van der Waals surface area contributed by atoms with Crippen molar-refractivity contribution in [3.8, 4) is 0 Å². The topological polar surface area (TPSA) is 78.1 Å². The molecule has 0 bridgehead atoms. The first-order chi connectivity index (χ1) is 10.1. The lowest BCUT2D eigenvalue weighted by atomic mass is 10.1. The van der Waals surface area contributed by atoms with Gasteiger partial charge in [-0.3, -0.25) is 14.7 Å². The highest BCUT2D eigenvalue weighted by molar-refractivity contribution is 6.02. The van der Waals surface area contributed by atoms with Crippen LogP contribution in [0.3, 0.4) is 0 Å². The smallest absolute Gasteiger partial charge is 0.229 e. The van der Waals surface area contributed by atoms with Gasteiger partial charge in [-0.05, 0) is 19.9 Å². The van der Waals surface area contributed by atoms with Crippen LogP contribution in [-0.2, 0) is 9.59 Å². The van der Waals surface area contributed by atoms with Crippen LogP contribution in [0.15, 0.2) is 24.4 Å². The van der Waals surface area contributed by atoms with Crippen LogP contribution in [0, 0.1) is 5.92 Å². The summed E-state index contributed by atoms with van der Waals surface area (Å²) >= 11 is 0. The zero-order chi connectivity index (χ0) is 15.0. The normalized spacial score (nSPS) is 18.7. The molecule has 6 heteroatoms. The minimum atomic E-state index is -0.293. The van der Waals surface area contributed by atoms with Gasteiger partial charge in [-0.2, -0.15) is 5.10 Å². The molecule has 1 aromatic carbocycles. The fraction of sp³-hybridized carbons (Fsp3) is 0.400. The molecule has 0 unspecified atom stereocenters. The van der Waals surface area contributed by atoms with Gasteiger partial charge in [-0.15, -0.1) is 0 Å². The highest BCUT2D eigenvalue weighted by Crippen LogP contribution is 2.24. The lowest BCUT2D eigenvalue weighted by molar-refractivity contribution is -0.129. The maximum Gasteiger partial charge on any atom is 0.229 e. The van der Waals surface area contributed by atoms with Crippen LogP contribution in [0.5, 0.6) is 0 Å². The summed E-state index contributed by atoms with van der Waals surface area (Å²) in [7, 11) is 0. The Morgan fingerprint density at radius 3 is 3.00 bits per heavy atom. The number of fused-ring (bicyclic) bond motifs is 1. The Kier molecular flexibility index (Phi) is 3.37. The summed E-state index contributed by atoms with van der Waals surface area (Å²) in [5, 5.41) is 10.7. The van der Waals surface area contributed by atoms with Crippen molar-refractivity contribution < 1.29 is 9.59 Å². The number of benzene rings is 1. The molecule has 2 heterocycles. The fourth-order valence-corrected chi connectivity index (χ4v) is 2.71.